The van der Waals surface area contributed by atoms with E-state index < -0.39 is 25.5 Å². The summed E-state index contributed by atoms with van der Waals surface area (Å²) in [5.74, 6) is -0.409. The van der Waals surface area contributed by atoms with Crippen LogP contribution in [0.3, 0.4) is 0 Å². The molecular formula is C27H32NO6PS. The van der Waals surface area contributed by atoms with Crippen molar-refractivity contribution in [3.05, 3.63) is 77.7 Å². The Morgan fingerprint density at radius 2 is 1.89 bits per heavy atom. The summed E-state index contributed by atoms with van der Waals surface area (Å²) in [6, 6.07) is 15.5. The van der Waals surface area contributed by atoms with Crippen LogP contribution in [0.1, 0.15) is 41.9 Å². The molecule has 3 aromatic rings. The van der Waals surface area contributed by atoms with Crippen LogP contribution >= 0.6 is 18.9 Å². The van der Waals surface area contributed by atoms with Gasteiger partial charge in [-0.1, -0.05) is 50.3 Å². The van der Waals surface area contributed by atoms with Gasteiger partial charge in [0.1, 0.15) is 23.3 Å². The van der Waals surface area contributed by atoms with Crippen LogP contribution in [0, 0.1) is 0 Å². The predicted octanol–water partition coefficient (Wildman–Crippen LogP) is 6.68. The summed E-state index contributed by atoms with van der Waals surface area (Å²) in [6.07, 6.45) is 3.26. The fourth-order valence-electron chi connectivity index (χ4n) is 3.44. The fourth-order valence-corrected chi connectivity index (χ4v) is 6.52. The molecule has 9 heteroatoms. The number of carbonyl (C=O) groups excluding carboxylic acids is 2. The van der Waals surface area contributed by atoms with Gasteiger partial charge >= 0.3 is 19.5 Å². The Hall–Kier alpha value is -2.93. The fraction of sp³-hybridized carbons (Fsp3) is 0.333. The van der Waals surface area contributed by atoms with Crippen molar-refractivity contribution < 1.29 is 28.2 Å². The second kappa shape index (κ2) is 12.9. The van der Waals surface area contributed by atoms with Gasteiger partial charge < -0.3 is 14.0 Å². The molecule has 0 saturated heterocycles. The molecule has 2 unspecified atom stereocenters. The summed E-state index contributed by atoms with van der Waals surface area (Å²) in [4.78, 5) is 25.4. The number of unbranched alkanes of at least 4 members (excludes halogenated alkanes) is 1. The van der Waals surface area contributed by atoms with E-state index >= 15 is 0 Å². The molecule has 0 radical (unpaired) electrons. The number of likely N-dealkylation sites (N-methyl/N-ethyl adjacent to an activating group) is 1. The number of esters is 2. The molecule has 3 rings (SSSR count). The first-order valence-corrected chi connectivity index (χ1v) is 14.4. The van der Waals surface area contributed by atoms with Crippen LogP contribution < -0.4 is 4.52 Å². The number of hydrogen-bond acceptors (Lipinski definition) is 7. The third-order valence-corrected chi connectivity index (χ3v) is 9.28. The summed E-state index contributed by atoms with van der Waals surface area (Å²) in [5, 5.41) is 0.837. The summed E-state index contributed by atoms with van der Waals surface area (Å²) >= 11 is 1.33. The number of fused-ring (bicyclic) bond motifs is 1. The van der Waals surface area contributed by atoms with E-state index in [4.69, 9.17) is 14.0 Å². The van der Waals surface area contributed by atoms with Crippen molar-refractivity contribution in [2.45, 2.75) is 38.9 Å². The van der Waals surface area contributed by atoms with Crippen LogP contribution in [-0.4, -0.2) is 42.9 Å². The maximum absolute atomic E-state index is 14.3. The minimum Gasteiger partial charge on any atom is -0.465 e. The lowest BCUT2D eigenvalue weighted by Crippen LogP contribution is -2.36. The monoisotopic (exact) mass is 529 g/mol. The van der Waals surface area contributed by atoms with E-state index in [0.29, 0.717) is 17.2 Å². The molecule has 0 aliphatic rings. The highest BCUT2D eigenvalue weighted by molar-refractivity contribution is 7.56. The van der Waals surface area contributed by atoms with Gasteiger partial charge in [-0.25, -0.2) is 9.46 Å². The summed E-state index contributed by atoms with van der Waals surface area (Å²) in [5.41, 5.74) is 0.754. The van der Waals surface area contributed by atoms with Crippen molar-refractivity contribution in [2.24, 2.45) is 0 Å². The second-order valence-corrected chi connectivity index (χ2v) is 11.8. The zero-order valence-electron chi connectivity index (χ0n) is 20.8. The van der Waals surface area contributed by atoms with Crippen LogP contribution in [0.25, 0.3) is 10.1 Å². The van der Waals surface area contributed by atoms with Gasteiger partial charge in [-0.05, 0) is 61.7 Å². The molecule has 2 aromatic carbocycles. The Kier molecular flexibility index (Phi) is 9.88. The van der Waals surface area contributed by atoms with Crippen LogP contribution in [0.2, 0.25) is 0 Å². The minimum atomic E-state index is -3.58. The second-order valence-electron chi connectivity index (χ2n) is 8.34. The van der Waals surface area contributed by atoms with E-state index in [2.05, 4.69) is 6.58 Å². The third kappa shape index (κ3) is 7.06. The zero-order chi connectivity index (χ0) is 26.1. The molecule has 7 nitrogen and oxygen atoms in total. The number of ether oxygens (including phenoxy) is 2. The molecule has 192 valence electrons. The van der Waals surface area contributed by atoms with Gasteiger partial charge in [0, 0.05) is 4.70 Å². The number of nitrogens with zero attached hydrogens (tertiary/aromatic N) is 1. The van der Waals surface area contributed by atoms with Gasteiger partial charge in [0.25, 0.3) is 0 Å². The van der Waals surface area contributed by atoms with Crippen molar-refractivity contribution in [3.8, 4) is 5.75 Å². The lowest BCUT2D eigenvalue weighted by molar-refractivity contribution is -0.147. The zero-order valence-corrected chi connectivity index (χ0v) is 22.6. The average Bonchev–Trinajstić information content (AvgIpc) is 3.30. The first-order chi connectivity index (χ1) is 17.3. The van der Waals surface area contributed by atoms with Crippen molar-refractivity contribution in [3.63, 3.8) is 0 Å². The summed E-state index contributed by atoms with van der Waals surface area (Å²) in [7, 11) is -1.96. The highest BCUT2D eigenvalue weighted by atomic mass is 32.1. The molecule has 0 aliphatic carbocycles. The minimum absolute atomic E-state index is 0.0625. The number of hydrogen-bond donors (Lipinski definition) is 0. The average molecular weight is 530 g/mol. The van der Waals surface area contributed by atoms with Gasteiger partial charge in [0.2, 0.25) is 0 Å². The molecule has 36 heavy (non-hydrogen) atoms. The lowest BCUT2D eigenvalue weighted by atomic mass is 10.2. The van der Waals surface area contributed by atoms with Crippen molar-refractivity contribution in [1.29, 1.82) is 0 Å². The molecule has 0 saturated carbocycles. The number of thiophene rings is 1. The Morgan fingerprint density at radius 1 is 1.14 bits per heavy atom. The number of carbonyl (C=O) groups is 2. The van der Waals surface area contributed by atoms with E-state index in [9.17, 15) is 14.2 Å². The van der Waals surface area contributed by atoms with Crippen molar-refractivity contribution in [2.75, 3.05) is 20.3 Å². The molecular weight excluding hydrogens is 497 g/mol. The third-order valence-electron chi connectivity index (χ3n) is 5.61. The molecule has 2 atom stereocenters. The maximum atomic E-state index is 14.3. The maximum Gasteiger partial charge on any atom is 0.348 e. The number of benzene rings is 2. The number of para-hydroxylation sites is 1. The van der Waals surface area contributed by atoms with Crippen molar-refractivity contribution >= 4 is 40.9 Å². The molecule has 0 aliphatic heterocycles. The van der Waals surface area contributed by atoms with Gasteiger partial charge in [0.15, 0.2) is 0 Å². The molecule has 0 amide bonds. The summed E-state index contributed by atoms with van der Waals surface area (Å²) in [6.45, 7) is 7.70. The normalized spacial score (nSPS) is 13.7. The van der Waals surface area contributed by atoms with Gasteiger partial charge in [-0.3, -0.25) is 9.36 Å². The predicted molar refractivity (Wildman–Crippen MR) is 144 cm³/mol. The van der Waals surface area contributed by atoms with Crippen LogP contribution in [0.4, 0.5) is 0 Å². The van der Waals surface area contributed by atoms with E-state index in [-0.39, 0.29) is 12.8 Å². The first kappa shape index (κ1) is 27.7. The van der Waals surface area contributed by atoms with Crippen molar-refractivity contribution in [1.82, 2.24) is 4.67 Å². The highest BCUT2D eigenvalue weighted by Crippen LogP contribution is 2.54. The Bertz CT molecular complexity index is 1240. The Morgan fingerprint density at radius 3 is 2.58 bits per heavy atom. The Balaban J connectivity index is 1.87. The standard InChI is InChI=1S/C27H32NO6PS/c1-5-7-16-33-26(29)20(3)28(4)35(31,34-23-11-9-8-10-12-23)19-21-13-14-24-22(17-21)18-25(36-24)27(30)32-15-6-2/h6,8-14,17-18,20H,2,5,7,15-16,19H2,1,3-4H3. The summed E-state index contributed by atoms with van der Waals surface area (Å²) < 4.78 is 33.3. The largest absolute Gasteiger partial charge is 0.465 e. The lowest BCUT2D eigenvalue weighted by Gasteiger charge is -2.31. The molecule has 1 heterocycles. The van der Waals surface area contributed by atoms with Crippen LogP contribution in [0.5, 0.6) is 5.75 Å². The van der Waals surface area contributed by atoms with Crippen LogP contribution in [-0.2, 0) is 25.0 Å². The van der Waals surface area contributed by atoms with Gasteiger partial charge in [0.05, 0.1) is 12.8 Å². The Labute approximate surface area is 216 Å². The molecule has 1 aromatic heterocycles. The van der Waals surface area contributed by atoms with Gasteiger partial charge in [-0.15, -0.1) is 11.3 Å². The van der Waals surface area contributed by atoms with E-state index in [0.717, 1.165) is 28.5 Å². The SMILES string of the molecule is C=CCOC(=O)c1cc2cc(CP(=O)(Oc3ccccc3)N(C)C(C)C(=O)OCCCC)ccc2s1. The molecule has 0 fully saturated rings. The smallest absolute Gasteiger partial charge is 0.348 e. The van der Waals surface area contributed by atoms with E-state index in [1.807, 2.05) is 31.2 Å². The quantitative estimate of drug-likeness (QED) is 0.106. The molecule has 0 N–H and O–H groups in total. The van der Waals surface area contributed by atoms with Crippen LogP contribution in [0.15, 0.2) is 67.3 Å². The first-order valence-electron chi connectivity index (χ1n) is 11.8. The van der Waals surface area contributed by atoms with Gasteiger partial charge in [-0.2, -0.15) is 0 Å². The number of rotatable bonds is 13. The van der Waals surface area contributed by atoms with E-state index in [1.54, 1.807) is 44.3 Å². The molecule has 0 spiro atoms. The topological polar surface area (TPSA) is 82.1 Å². The highest BCUT2D eigenvalue weighted by Gasteiger charge is 2.37. The van der Waals surface area contributed by atoms with E-state index in [1.165, 1.54) is 22.1 Å². The molecule has 0 bridgehead atoms.